The molecule has 0 saturated carbocycles. The van der Waals surface area contributed by atoms with Crippen LogP contribution in [-0.4, -0.2) is 15.7 Å². The van der Waals surface area contributed by atoms with Crippen LogP contribution in [0.3, 0.4) is 0 Å². The van der Waals surface area contributed by atoms with Gasteiger partial charge < -0.3 is 5.32 Å². The number of hydrogen-bond donors (Lipinski definition) is 1. The van der Waals surface area contributed by atoms with Crippen LogP contribution in [0.1, 0.15) is 21.6 Å². The molecule has 1 heterocycles. The van der Waals surface area contributed by atoms with E-state index in [-0.39, 0.29) is 5.91 Å². The Bertz CT molecular complexity index is 885. The average Bonchev–Trinajstić information content (AvgIpc) is 3.01. The number of amides is 1. The average molecular weight is 301 g/mol. The highest BCUT2D eigenvalue weighted by molar-refractivity contribution is 6.04. The number of nitrogens with one attached hydrogen (secondary N) is 1. The molecule has 0 fully saturated rings. The van der Waals surface area contributed by atoms with E-state index in [2.05, 4.69) is 16.3 Å². The van der Waals surface area contributed by atoms with E-state index in [1.54, 1.807) is 30.5 Å². The molecule has 0 radical (unpaired) electrons. The lowest BCUT2D eigenvalue weighted by atomic mass is 10.1. The Balaban J connectivity index is 1.78. The van der Waals surface area contributed by atoms with Crippen molar-refractivity contribution in [1.29, 1.82) is 0 Å². The number of terminal acetylenes is 1. The third-order valence-corrected chi connectivity index (χ3v) is 3.49. The van der Waals surface area contributed by atoms with E-state index >= 15 is 0 Å². The Kier molecular flexibility index (Phi) is 3.94. The van der Waals surface area contributed by atoms with Crippen molar-refractivity contribution >= 4 is 11.6 Å². The van der Waals surface area contributed by atoms with Gasteiger partial charge in [0.05, 0.1) is 5.69 Å². The highest BCUT2D eigenvalue weighted by atomic mass is 16.1. The number of carbonyl (C=O) groups excluding carboxylic acids is 1. The van der Waals surface area contributed by atoms with Crippen molar-refractivity contribution in [1.82, 2.24) is 9.78 Å². The number of carbonyl (C=O) groups is 1. The number of aryl methyl sites for hydroxylation is 1. The summed E-state index contributed by atoms with van der Waals surface area (Å²) in [4.78, 5) is 12.3. The van der Waals surface area contributed by atoms with Crippen LogP contribution in [0.5, 0.6) is 0 Å². The predicted octanol–water partition coefficient (Wildman–Crippen LogP) is 3.41. The van der Waals surface area contributed by atoms with Gasteiger partial charge in [0.2, 0.25) is 0 Å². The van der Waals surface area contributed by atoms with Gasteiger partial charge in [0.1, 0.15) is 0 Å². The summed E-state index contributed by atoms with van der Waals surface area (Å²) in [6.07, 6.45) is 7.11. The minimum absolute atomic E-state index is 0.178. The monoisotopic (exact) mass is 301 g/mol. The molecule has 3 rings (SSSR count). The summed E-state index contributed by atoms with van der Waals surface area (Å²) >= 11 is 0. The molecule has 1 amide bonds. The lowest BCUT2D eigenvalue weighted by molar-refractivity contribution is 0.102. The van der Waals surface area contributed by atoms with Gasteiger partial charge in [-0.25, -0.2) is 4.68 Å². The molecule has 0 spiro atoms. The van der Waals surface area contributed by atoms with Gasteiger partial charge in [0.15, 0.2) is 0 Å². The van der Waals surface area contributed by atoms with Gasteiger partial charge in [-0.05, 0) is 55.5 Å². The fourth-order valence-corrected chi connectivity index (χ4v) is 2.28. The predicted molar refractivity (Wildman–Crippen MR) is 90.6 cm³/mol. The summed E-state index contributed by atoms with van der Waals surface area (Å²) in [7, 11) is 0. The molecular formula is C19H15N3O. The topological polar surface area (TPSA) is 46.9 Å². The smallest absolute Gasteiger partial charge is 0.255 e. The largest absolute Gasteiger partial charge is 0.322 e. The van der Waals surface area contributed by atoms with Crippen molar-refractivity contribution in [3.05, 3.63) is 77.6 Å². The number of anilines is 1. The molecule has 0 aliphatic carbocycles. The van der Waals surface area contributed by atoms with Gasteiger partial charge in [0, 0.05) is 28.7 Å². The van der Waals surface area contributed by atoms with Crippen molar-refractivity contribution in [2.24, 2.45) is 0 Å². The highest BCUT2D eigenvalue weighted by Gasteiger charge is 2.07. The van der Waals surface area contributed by atoms with Crippen LogP contribution in [0.25, 0.3) is 5.69 Å². The van der Waals surface area contributed by atoms with Gasteiger partial charge in [0.25, 0.3) is 5.91 Å². The first-order valence-corrected chi connectivity index (χ1v) is 7.16. The molecule has 23 heavy (non-hydrogen) atoms. The maximum absolute atomic E-state index is 12.3. The quantitative estimate of drug-likeness (QED) is 0.754. The summed E-state index contributed by atoms with van der Waals surface area (Å²) in [6, 6.07) is 16.4. The van der Waals surface area contributed by atoms with Crippen LogP contribution in [0.4, 0.5) is 5.69 Å². The van der Waals surface area contributed by atoms with Crippen LogP contribution in [0.2, 0.25) is 0 Å². The van der Waals surface area contributed by atoms with Crippen molar-refractivity contribution in [3.63, 3.8) is 0 Å². The maximum Gasteiger partial charge on any atom is 0.255 e. The van der Waals surface area contributed by atoms with Crippen molar-refractivity contribution < 1.29 is 4.79 Å². The second kappa shape index (κ2) is 6.20. The van der Waals surface area contributed by atoms with E-state index in [1.165, 1.54) is 0 Å². The first-order valence-electron chi connectivity index (χ1n) is 7.16. The Morgan fingerprint density at radius 1 is 1.17 bits per heavy atom. The Morgan fingerprint density at radius 2 is 1.96 bits per heavy atom. The molecule has 0 aliphatic heterocycles. The molecule has 0 saturated heterocycles. The molecule has 0 bridgehead atoms. The zero-order chi connectivity index (χ0) is 16.2. The molecule has 0 aliphatic rings. The number of nitrogens with zero attached hydrogens (tertiary/aromatic N) is 2. The van der Waals surface area contributed by atoms with Crippen LogP contribution in [0, 0.1) is 19.3 Å². The zero-order valence-electron chi connectivity index (χ0n) is 12.7. The van der Waals surface area contributed by atoms with E-state index in [0.29, 0.717) is 11.3 Å². The summed E-state index contributed by atoms with van der Waals surface area (Å²) in [6.45, 7) is 1.98. The minimum atomic E-state index is -0.178. The normalized spacial score (nSPS) is 10.1. The molecule has 0 unspecified atom stereocenters. The van der Waals surface area contributed by atoms with Crippen molar-refractivity contribution in [2.45, 2.75) is 6.92 Å². The molecule has 1 aromatic heterocycles. The van der Waals surface area contributed by atoms with Gasteiger partial charge in [-0.1, -0.05) is 12.0 Å². The Hall–Kier alpha value is -3.32. The number of hydrogen-bond acceptors (Lipinski definition) is 2. The Morgan fingerprint density at radius 3 is 2.61 bits per heavy atom. The molecule has 4 heteroatoms. The maximum atomic E-state index is 12.3. The van der Waals surface area contributed by atoms with E-state index in [9.17, 15) is 4.79 Å². The standard InChI is InChI=1S/C19H15N3O/c1-3-15-5-4-6-17(13-15)21-19(23)16-7-9-18(10-8-16)22-14(2)11-12-20-22/h1,4-13H,2H3,(H,21,23). The van der Waals surface area contributed by atoms with E-state index in [0.717, 1.165) is 16.9 Å². The van der Waals surface area contributed by atoms with Crippen LogP contribution < -0.4 is 5.32 Å². The Labute approximate surface area is 134 Å². The minimum Gasteiger partial charge on any atom is -0.322 e. The molecule has 2 aromatic carbocycles. The van der Waals surface area contributed by atoms with Gasteiger partial charge in [-0.2, -0.15) is 5.10 Å². The first kappa shape index (κ1) is 14.6. The van der Waals surface area contributed by atoms with Gasteiger partial charge in [-0.15, -0.1) is 6.42 Å². The lowest BCUT2D eigenvalue weighted by Crippen LogP contribution is -2.12. The van der Waals surface area contributed by atoms with Crippen molar-refractivity contribution in [3.8, 4) is 18.0 Å². The summed E-state index contributed by atoms with van der Waals surface area (Å²) in [5, 5.41) is 7.09. The molecule has 3 aromatic rings. The van der Waals surface area contributed by atoms with E-state index < -0.39 is 0 Å². The third kappa shape index (κ3) is 3.14. The second-order valence-electron chi connectivity index (χ2n) is 5.11. The highest BCUT2D eigenvalue weighted by Crippen LogP contribution is 2.14. The van der Waals surface area contributed by atoms with Crippen molar-refractivity contribution in [2.75, 3.05) is 5.32 Å². The zero-order valence-corrected chi connectivity index (χ0v) is 12.7. The summed E-state index contributed by atoms with van der Waals surface area (Å²) < 4.78 is 1.82. The fourth-order valence-electron chi connectivity index (χ4n) is 2.28. The first-order chi connectivity index (χ1) is 11.2. The van der Waals surface area contributed by atoms with E-state index in [1.807, 2.05) is 41.9 Å². The molecule has 4 nitrogen and oxygen atoms in total. The lowest BCUT2D eigenvalue weighted by Gasteiger charge is -2.08. The van der Waals surface area contributed by atoms with Crippen LogP contribution >= 0.6 is 0 Å². The van der Waals surface area contributed by atoms with Crippen LogP contribution in [0.15, 0.2) is 60.8 Å². The number of rotatable bonds is 3. The number of benzene rings is 2. The van der Waals surface area contributed by atoms with Gasteiger partial charge in [-0.3, -0.25) is 4.79 Å². The molecule has 1 N–H and O–H groups in total. The van der Waals surface area contributed by atoms with E-state index in [4.69, 9.17) is 6.42 Å². The van der Waals surface area contributed by atoms with Crippen LogP contribution in [-0.2, 0) is 0 Å². The third-order valence-electron chi connectivity index (χ3n) is 3.49. The SMILES string of the molecule is C#Cc1cccc(NC(=O)c2ccc(-n3nccc3C)cc2)c1. The second-order valence-corrected chi connectivity index (χ2v) is 5.11. The van der Waals surface area contributed by atoms with Gasteiger partial charge >= 0.3 is 0 Å². The number of aromatic nitrogens is 2. The fraction of sp³-hybridized carbons (Fsp3) is 0.0526. The molecular weight excluding hydrogens is 286 g/mol. The summed E-state index contributed by atoms with van der Waals surface area (Å²) in [5.74, 6) is 2.37. The molecule has 112 valence electrons. The summed E-state index contributed by atoms with van der Waals surface area (Å²) in [5.41, 5.74) is 3.93. The molecule has 0 atom stereocenters.